The molecule has 3 rings (SSSR count). The van der Waals surface area contributed by atoms with E-state index >= 15 is 0 Å². The van der Waals surface area contributed by atoms with Gasteiger partial charge in [0.25, 0.3) is 5.91 Å². The van der Waals surface area contributed by atoms with E-state index in [0.29, 0.717) is 46.9 Å². The van der Waals surface area contributed by atoms with Crippen LogP contribution in [0.15, 0.2) is 42.7 Å². The minimum Gasteiger partial charge on any atom is -0.496 e. The second kappa shape index (κ2) is 8.50. The van der Waals surface area contributed by atoms with Gasteiger partial charge in [0.1, 0.15) is 17.4 Å². The largest absolute Gasteiger partial charge is 0.496 e. The zero-order valence-electron chi connectivity index (χ0n) is 14.9. The van der Waals surface area contributed by atoms with E-state index in [2.05, 4.69) is 25.7 Å². The van der Waals surface area contributed by atoms with Crippen LogP contribution in [0, 0.1) is 6.92 Å². The summed E-state index contributed by atoms with van der Waals surface area (Å²) in [6.07, 6.45) is 3.49. The molecule has 0 fully saturated rings. The molecule has 0 bridgehead atoms. The summed E-state index contributed by atoms with van der Waals surface area (Å²) in [5.41, 5.74) is 0.392. The number of benzene rings is 1. The molecular formula is C18H19ClN6O2. The first-order chi connectivity index (χ1) is 13.1. The van der Waals surface area contributed by atoms with Crippen molar-refractivity contribution >= 4 is 23.3 Å². The highest BCUT2D eigenvalue weighted by atomic mass is 35.5. The Morgan fingerprint density at radius 2 is 2.11 bits per heavy atom. The number of carbonyl (C=O) groups excluding carboxylic acids is 1. The van der Waals surface area contributed by atoms with Crippen LogP contribution in [0.2, 0.25) is 5.02 Å². The third-order valence-electron chi connectivity index (χ3n) is 3.69. The van der Waals surface area contributed by atoms with Crippen molar-refractivity contribution in [2.75, 3.05) is 25.5 Å². The maximum atomic E-state index is 12.3. The summed E-state index contributed by atoms with van der Waals surface area (Å²) in [5.74, 6) is 2.16. The van der Waals surface area contributed by atoms with Crippen molar-refractivity contribution in [2.24, 2.45) is 0 Å². The minimum absolute atomic E-state index is 0.257. The van der Waals surface area contributed by atoms with Gasteiger partial charge in [-0.2, -0.15) is 5.10 Å². The van der Waals surface area contributed by atoms with Gasteiger partial charge in [0.2, 0.25) is 0 Å². The second-order valence-corrected chi connectivity index (χ2v) is 6.07. The van der Waals surface area contributed by atoms with Crippen LogP contribution >= 0.6 is 11.6 Å². The SMILES string of the molecule is COc1ccc(Cl)cc1C(=O)NCCNc1cc(-n2cccn2)nc(C)n1. The molecule has 2 N–H and O–H groups in total. The van der Waals surface area contributed by atoms with E-state index in [0.717, 1.165) is 0 Å². The molecule has 0 radical (unpaired) electrons. The van der Waals surface area contributed by atoms with E-state index in [9.17, 15) is 4.79 Å². The van der Waals surface area contributed by atoms with Gasteiger partial charge in [-0.3, -0.25) is 4.79 Å². The van der Waals surface area contributed by atoms with E-state index in [1.54, 1.807) is 35.1 Å². The first kappa shape index (κ1) is 18.7. The predicted molar refractivity (Wildman–Crippen MR) is 103 cm³/mol. The number of rotatable bonds is 7. The summed E-state index contributed by atoms with van der Waals surface area (Å²) in [4.78, 5) is 21.0. The average Bonchev–Trinajstić information content (AvgIpc) is 3.19. The van der Waals surface area contributed by atoms with Crippen LogP contribution in [0.4, 0.5) is 5.82 Å². The summed E-state index contributed by atoms with van der Waals surface area (Å²) in [6, 6.07) is 8.53. The molecule has 0 atom stereocenters. The Kier molecular flexibility index (Phi) is 5.87. The monoisotopic (exact) mass is 386 g/mol. The highest BCUT2D eigenvalue weighted by Gasteiger charge is 2.12. The number of carbonyl (C=O) groups is 1. The highest BCUT2D eigenvalue weighted by Crippen LogP contribution is 2.22. The Bertz CT molecular complexity index is 930. The Balaban J connectivity index is 1.58. The normalized spacial score (nSPS) is 10.5. The summed E-state index contributed by atoms with van der Waals surface area (Å²) >= 11 is 5.96. The molecule has 0 aliphatic carbocycles. The number of nitrogens with one attached hydrogen (secondary N) is 2. The van der Waals surface area contributed by atoms with Gasteiger partial charge in [-0.15, -0.1) is 0 Å². The average molecular weight is 387 g/mol. The fraction of sp³-hybridized carbons (Fsp3) is 0.222. The van der Waals surface area contributed by atoms with Crippen molar-refractivity contribution in [1.29, 1.82) is 0 Å². The molecule has 0 saturated heterocycles. The predicted octanol–water partition coefficient (Wildman–Crippen LogP) is 2.47. The molecule has 0 spiro atoms. The summed E-state index contributed by atoms with van der Waals surface area (Å²) in [7, 11) is 1.51. The molecule has 0 saturated carbocycles. The lowest BCUT2D eigenvalue weighted by Gasteiger charge is -2.11. The van der Waals surface area contributed by atoms with Crippen molar-refractivity contribution in [3.05, 3.63) is 59.1 Å². The molecule has 1 aromatic carbocycles. The Morgan fingerprint density at radius 1 is 1.26 bits per heavy atom. The van der Waals surface area contributed by atoms with Crippen LogP contribution < -0.4 is 15.4 Å². The van der Waals surface area contributed by atoms with E-state index in [4.69, 9.17) is 16.3 Å². The molecule has 2 heterocycles. The zero-order valence-corrected chi connectivity index (χ0v) is 15.7. The number of ether oxygens (including phenoxy) is 1. The van der Waals surface area contributed by atoms with Crippen molar-refractivity contribution in [3.8, 4) is 11.6 Å². The van der Waals surface area contributed by atoms with E-state index in [1.807, 2.05) is 19.2 Å². The van der Waals surface area contributed by atoms with Crippen LogP contribution in [0.25, 0.3) is 5.82 Å². The summed E-state index contributed by atoms with van der Waals surface area (Å²) in [6.45, 7) is 2.70. The maximum absolute atomic E-state index is 12.3. The lowest BCUT2D eigenvalue weighted by molar-refractivity contribution is 0.0952. The fourth-order valence-corrected chi connectivity index (χ4v) is 2.66. The van der Waals surface area contributed by atoms with Gasteiger partial charge < -0.3 is 15.4 Å². The van der Waals surface area contributed by atoms with Crippen LogP contribution in [-0.2, 0) is 0 Å². The number of amides is 1. The third kappa shape index (κ3) is 4.73. The Hall–Kier alpha value is -3.13. The number of nitrogens with zero attached hydrogens (tertiary/aromatic N) is 4. The van der Waals surface area contributed by atoms with E-state index in [1.165, 1.54) is 7.11 Å². The molecule has 0 aliphatic rings. The zero-order chi connectivity index (χ0) is 19.2. The molecule has 1 amide bonds. The molecule has 0 aliphatic heterocycles. The number of aryl methyl sites for hydroxylation is 1. The molecule has 8 nitrogen and oxygen atoms in total. The fourth-order valence-electron chi connectivity index (χ4n) is 2.48. The molecule has 3 aromatic rings. The molecule has 0 unspecified atom stereocenters. The van der Waals surface area contributed by atoms with Crippen molar-refractivity contribution < 1.29 is 9.53 Å². The summed E-state index contributed by atoms with van der Waals surface area (Å²) in [5, 5.41) is 10.6. The van der Waals surface area contributed by atoms with Crippen LogP contribution in [0.5, 0.6) is 5.75 Å². The van der Waals surface area contributed by atoms with Crippen LogP contribution in [0.1, 0.15) is 16.2 Å². The molecule has 140 valence electrons. The number of anilines is 1. The standard InChI is InChI=1S/C18H19ClN6O2/c1-12-23-16(11-17(24-12)25-9-3-6-22-25)20-7-8-21-18(26)14-10-13(19)4-5-15(14)27-2/h3-6,9-11H,7-8H2,1-2H3,(H,21,26)(H,20,23,24). The van der Waals surface area contributed by atoms with E-state index in [-0.39, 0.29) is 5.91 Å². The van der Waals surface area contributed by atoms with Crippen LogP contribution in [-0.4, -0.2) is 45.9 Å². The molecule has 2 aromatic heterocycles. The van der Waals surface area contributed by atoms with Gasteiger partial charge in [-0.1, -0.05) is 11.6 Å². The van der Waals surface area contributed by atoms with Crippen molar-refractivity contribution in [1.82, 2.24) is 25.1 Å². The number of aromatic nitrogens is 4. The molecule has 27 heavy (non-hydrogen) atoms. The van der Waals surface area contributed by atoms with Gasteiger partial charge in [-0.05, 0) is 31.2 Å². The maximum Gasteiger partial charge on any atom is 0.255 e. The number of methoxy groups -OCH3 is 1. The lowest BCUT2D eigenvalue weighted by atomic mass is 10.2. The second-order valence-electron chi connectivity index (χ2n) is 5.64. The van der Waals surface area contributed by atoms with Gasteiger partial charge in [0.05, 0.1) is 12.7 Å². The number of halogens is 1. The summed E-state index contributed by atoms with van der Waals surface area (Å²) < 4.78 is 6.86. The molecule has 9 heteroatoms. The lowest BCUT2D eigenvalue weighted by Crippen LogP contribution is -2.29. The van der Waals surface area contributed by atoms with Crippen molar-refractivity contribution in [3.63, 3.8) is 0 Å². The quantitative estimate of drug-likeness (QED) is 0.606. The van der Waals surface area contributed by atoms with Gasteiger partial charge in [0.15, 0.2) is 5.82 Å². The third-order valence-corrected chi connectivity index (χ3v) is 3.92. The Morgan fingerprint density at radius 3 is 2.85 bits per heavy atom. The smallest absolute Gasteiger partial charge is 0.255 e. The minimum atomic E-state index is -0.257. The van der Waals surface area contributed by atoms with Gasteiger partial charge >= 0.3 is 0 Å². The van der Waals surface area contributed by atoms with Crippen LogP contribution in [0.3, 0.4) is 0 Å². The Labute approximate surface area is 161 Å². The number of hydrogen-bond acceptors (Lipinski definition) is 6. The first-order valence-corrected chi connectivity index (χ1v) is 8.66. The van der Waals surface area contributed by atoms with Crippen molar-refractivity contribution in [2.45, 2.75) is 6.92 Å². The van der Waals surface area contributed by atoms with Gasteiger partial charge in [0, 0.05) is 36.6 Å². The van der Waals surface area contributed by atoms with Gasteiger partial charge in [-0.25, -0.2) is 14.6 Å². The molecular weight excluding hydrogens is 368 g/mol. The highest BCUT2D eigenvalue weighted by molar-refractivity contribution is 6.31. The number of hydrogen-bond donors (Lipinski definition) is 2. The topological polar surface area (TPSA) is 94.0 Å². The first-order valence-electron chi connectivity index (χ1n) is 8.28. The van der Waals surface area contributed by atoms with E-state index < -0.39 is 0 Å².